The first-order valence-electron chi connectivity index (χ1n) is 8.98. The molecule has 3 aromatic rings. The van der Waals surface area contributed by atoms with Crippen LogP contribution in [0.25, 0.3) is 5.76 Å². The van der Waals surface area contributed by atoms with Gasteiger partial charge >= 0.3 is 5.91 Å². The second-order valence-corrected chi connectivity index (χ2v) is 6.49. The van der Waals surface area contributed by atoms with Crippen LogP contribution in [0.3, 0.4) is 0 Å². The highest BCUT2D eigenvalue weighted by Gasteiger charge is 2.47. The summed E-state index contributed by atoms with van der Waals surface area (Å²) < 4.78 is 19.1. The van der Waals surface area contributed by atoms with Crippen molar-refractivity contribution in [2.45, 2.75) is 6.04 Å². The van der Waals surface area contributed by atoms with E-state index in [9.17, 15) is 19.1 Å². The van der Waals surface area contributed by atoms with Gasteiger partial charge in [0.2, 0.25) is 0 Å². The number of Topliss-reactive ketones (excluding diaryl/α,β-unsaturated/α-hetero) is 1. The zero-order valence-corrected chi connectivity index (χ0v) is 15.8. The third-order valence-electron chi connectivity index (χ3n) is 4.76. The minimum Gasteiger partial charge on any atom is -0.507 e. The number of pyridine rings is 2. The molecule has 1 saturated heterocycles. The number of amides is 1. The molecule has 0 saturated carbocycles. The third kappa shape index (κ3) is 3.18. The van der Waals surface area contributed by atoms with Crippen molar-refractivity contribution in [3.63, 3.8) is 0 Å². The highest BCUT2D eigenvalue weighted by Crippen LogP contribution is 2.42. The molecule has 30 heavy (non-hydrogen) atoms. The third-order valence-corrected chi connectivity index (χ3v) is 4.76. The van der Waals surface area contributed by atoms with Crippen LogP contribution >= 0.6 is 0 Å². The van der Waals surface area contributed by atoms with Gasteiger partial charge in [-0.3, -0.25) is 19.5 Å². The van der Waals surface area contributed by atoms with Gasteiger partial charge in [-0.15, -0.1) is 0 Å². The number of aromatic nitrogens is 2. The molecular weight excluding hydrogens is 389 g/mol. The maximum Gasteiger partial charge on any atom is 0.301 e. The first kappa shape index (κ1) is 19.3. The van der Waals surface area contributed by atoms with E-state index < -0.39 is 29.3 Å². The maximum atomic E-state index is 13.9. The topological polar surface area (TPSA) is 92.6 Å². The minimum absolute atomic E-state index is 0.0367. The zero-order valence-electron chi connectivity index (χ0n) is 15.8. The van der Waals surface area contributed by atoms with Gasteiger partial charge in [0.1, 0.15) is 23.1 Å². The van der Waals surface area contributed by atoms with Crippen LogP contribution in [-0.2, 0) is 9.59 Å². The lowest BCUT2D eigenvalue weighted by Crippen LogP contribution is -2.30. The smallest absolute Gasteiger partial charge is 0.301 e. The standard InChI is InChI=1S/C22H16FN3O4/c1-30-16-8-7-14(23)11-15(16)20(27)18-19(13-5-4-9-24-12-13)26(22(29)21(18)28)17-6-2-3-10-25-17/h2-12,19,27H,1H3/t19-/m0/s1. The predicted octanol–water partition coefficient (Wildman–Crippen LogP) is 3.25. The Bertz CT molecular complexity index is 1150. The molecule has 1 atom stereocenters. The molecule has 1 aliphatic heterocycles. The van der Waals surface area contributed by atoms with Crippen LogP contribution in [0.4, 0.5) is 10.2 Å². The van der Waals surface area contributed by atoms with Crippen LogP contribution in [0.1, 0.15) is 17.2 Å². The molecule has 7 nitrogen and oxygen atoms in total. The van der Waals surface area contributed by atoms with Gasteiger partial charge < -0.3 is 9.84 Å². The van der Waals surface area contributed by atoms with Crippen molar-refractivity contribution in [1.82, 2.24) is 9.97 Å². The van der Waals surface area contributed by atoms with Crippen molar-refractivity contribution in [1.29, 1.82) is 0 Å². The average molecular weight is 405 g/mol. The SMILES string of the molecule is COc1ccc(F)cc1C(O)=C1C(=O)C(=O)N(c2ccccn2)[C@H]1c1cccnc1. The number of ether oxygens (including phenoxy) is 1. The van der Waals surface area contributed by atoms with Gasteiger partial charge in [0.25, 0.3) is 5.78 Å². The summed E-state index contributed by atoms with van der Waals surface area (Å²) in [6.07, 6.45) is 4.53. The van der Waals surface area contributed by atoms with Crippen molar-refractivity contribution < 1.29 is 23.8 Å². The Morgan fingerprint density at radius 3 is 2.63 bits per heavy atom. The zero-order chi connectivity index (χ0) is 21.3. The number of rotatable bonds is 4. The molecule has 1 amide bonds. The summed E-state index contributed by atoms with van der Waals surface area (Å²) in [5, 5.41) is 11.0. The van der Waals surface area contributed by atoms with Gasteiger partial charge in [0.05, 0.1) is 24.3 Å². The Morgan fingerprint density at radius 2 is 1.97 bits per heavy atom. The number of carbonyl (C=O) groups is 2. The highest BCUT2D eigenvalue weighted by molar-refractivity contribution is 6.51. The van der Waals surface area contributed by atoms with E-state index in [4.69, 9.17) is 4.74 Å². The first-order chi connectivity index (χ1) is 14.5. The highest BCUT2D eigenvalue weighted by atomic mass is 19.1. The number of anilines is 1. The summed E-state index contributed by atoms with van der Waals surface area (Å²) in [7, 11) is 1.36. The number of hydrogen-bond donors (Lipinski definition) is 1. The Kier molecular flexibility index (Phi) is 4.97. The largest absolute Gasteiger partial charge is 0.507 e. The number of nitrogens with zero attached hydrogens (tertiary/aromatic N) is 3. The molecule has 0 spiro atoms. The fourth-order valence-corrected chi connectivity index (χ4v) is 3.43. The van der Waals surface area contributed by atoms with E-state index in [1.165, 1.54) is 36.5 Å². The monoisotopic (exact) mass is 405 g/mol. The quantitative estimate of drug-likeness (QED) is 0.407. The molecule has 0 radical (unpaired) electrons. The summed E-state index contributed by atoms with van der Waals surface area (Å²) in [6, 6.07) is 10.8. The lowest BCUT2D eigenvalue weighted by atomic mass is 9.96. The Labute approximate surface area is 171 Å². The molecular formula is C22H16FN3O4. The Morgan fingerprint density at radius 1 is 1.13 bits per heavy atom. The molecule has 8 heteroatoms. The Hall–Kier alpha value is -4.07. The van der Waals surface area contributed by atoms with E-state index in [0.29, 0.717) is 5.56 Å². The molecule has 4 rings (SSSR count). The van der Waals surface area contributed by atoms with Crippen molar-refractivity contribution in [2.75, 3.05) is 12.0 Å². The maximum absolute atomic E-state index is 13.9. The average Bonchev–Trinajstić information content (AvgIpc) is 3.05. The number of methoxy groups -OCH3 is 1. The number of aliphatic hydroxyl groups excluding tert-OH is 1. The molecule has 1 aromatic carbocycles. The molecule has 1 fully saturated rings. The molecule has 2 aromatic heterocycles. The number of hydrogen-bond acceptors (Lipinski definition) is 6. The molecule has 0 bridgehead atoms. The first-order valence-corrected chi connectivity index (χ1v) is 8.98. The number of halogens is 1. The fraction of sp³-hybridized carbons (Fsp3) is 0.0909. The summed E-state index contributed by atoms with van der Waals surface area (Å²) in [5.74, 6) is -2.56. The van der Waals surface area contributed by atoms with Crippen LogP contribution in [0, 0.1) is 5.82 Å². The summed E-state index contributed by atoms with van der Waals surface area (Å²) >= 11 is 0. The number of aliphatic hydroxyl groups is 1. The molecule has 3 heterocycles. The lowest BCUT2D eigenvalue weighted by molar-refractivity contribution is -0.132. The summed E-state index contributed by atoms with van der Waals surface area (Å²) in [4.78, 5) is 35.3. The van der Waals surface area contributed by atoms with Crippen LogP contribution in [0.5, 0.6) is 5.75 Å². The Balaban J connectivity index is 1.98. The van der Waals surface area contributed by atoms with E-state index in [1.54, 1.807) is 36.5 Å². The molecule has 1 N–H and O–H groups in total. The van der Waals surface area contributed by atoms with Crippen molar-refractivity contribution in [3.8, 4) is 5.75 Å². The second-order valence-electron chi connectivity index (χ2n) is 6.49. The summed E-state index contributed by atoms with van der Waals surface area (Å²) in [6.45, 7) is 0. The second kappa shape index (κ2) is 7.75. The van der Waals surface area contributed by atoms with Gasteiger partial charge in [0, 0.05) is 18.6 Å². The number of benzene rings is 1. The van der Waals surface area contributed by atoms with Gasteiger partial charge in [-0.2, -0.15) is 0 Å². The van der Waals surface area contributed by atoms with Crippen molar-refractivity contribution in [2.24, 2.45) is 0 Å². The van der Waals surface area contributed by atoms with E-state index in [1.807, 2.05) is 0 Å². The fourth-order valence-electron chi connectivity index (χ4n) is 3.43. The van der Waals surface area contributed by atoms with Gasteiger partial charge in [-0.1, -0.05) is 12.1 Å². The van der Waals surface area contributed by atoms with Crippen LogP contribution in [0.2, 0.25) is 0 Å². The van der Waals surface area contributed by atoms with Gasteiger partial charge in [0.15, 0.2) is 0 Å². The van der Waals surface area contributed by atoms with E-state index in [0.717, 1.165) is 6.07 Å². The molecule has 1 aliphatic rings. The minimum atomic E-state index is -0.999. The van der Waals surface area contributed by atoms with Gasteiger partial charge in [-0.05, 0) is 42.0 Å². The van der Waals surface area contributed by atoms with Crippen molar-refractivity contribution >= 4 is 23.3 Å². The van der Waals surface area contributed by atoms with E-state index >= 15 is 0 Å². The van der Waals surface area contributed by atoms with Crippen LogP contribution in [-0.4, -0.2) is 33.9 Å². The molecule has 0 unspecified atom stereocenters. The van der Waals surface area contributed by atoms with Gasteiger partial charge in [-0.25, -0.2) is 9.37 Å². The molecule has 0 aliphatic carbocycles. The normalized spacial score (nSPS) is 17.9. The number of ketones is 1. The van der Waals surface area contributed by atoms with Crippen LogP contribution < -0.4 is 9.64 Å². The number of carbonyl (C=O) groups excluding carboxylic acids is 2. The predicted molar refractivity (Wildman–Crippen MR) is 106 cm³/mol. The molecule has 150 valence electrons. The van der Waals surface area contributed by atoms with Crippen molar-refractivity contribution in [3.05, 3.63) is 89.6 Å². The lowest BCUT2D eigenvalue weighted by Gasteiger charge is -2.24. The summed E-state index contributed by atoms with van der Waals surface area (Å²) in [5.41, 5.74) is 0.243. The van der Waals surface area contributed by atoms with E-state index in [-0.39, 0.29) is 22.7 Å². The van der Waals surface area contributed by atoms with Crippen LogP contribution in [0.15, 0.2) is 72.7 Å². The van der Waals surface area contributed by atoms with E-state index in [2.05, 4.69) is 9.97 Å².